The van der Waals surface area contributed by atoms with E-state index < -0.39 is 43.2 Å². The fourth-order valence-corrected chi connectivity index (χ4v) is 1.37. The minimum Gasteiger partial charge on any atom is -0.400 e. The summed E-state index contributed by atoms with van der Waals surface area (Å²) in [4.78, 5) is 41.1. The third-order valence-electron chi connectivity index (χ3n) is 2.37. The smallest absolute Gasteiger partial charge is 0.365 e. The second-order valence-corrected chi connectivity index (χ2v) is 8.76. The number of esters is 2. The Hall–Kier alpha value is -0.990. The monoisotopic (exact) mass is 370 g/mol. The van der Waals surface area contributed by atoms with E-state index >= 15 is 0 Å². The van der Waals surface area contributed by atoms with Gasteiger partial charge in [-0.05, 0) is 41.5 Å². The Bertz CT molecular complexity index is 442. The van der Waals surface area contributed by atoms with Crippen molar-refractivity contribution in [1.82, 2.24) is 0 Å². The van der Waals surface area contributed by atoms with Gasteiger partial charge >= 0.3 is 26.0 Å². The van der Waals surface area contributed by atoms with Gasteiger partial charge in [-0.2, -0.15) is 0 Å². The molecule has 0 radical (unpaired) electrons. The summed E-state index contributed by atoms with van der Waals surface area (Å²) in [6.07, 6.45) is -0.759. The number of carbonyl (C=O) groups excluding carboxylic acids is 2. The molecule has 0 saturated carbocycles. The van der Waals surface area contributed by atoms with E-state index in [1.807, 2.05) is 0 Å². The van der Waals surface area contributed by atoms with Gasteiger partial charge in [0, 0.05) is 0 Å². The zero-order valence-corrected chi connectivity index (χ0v) is 15.8. The SMILES string of the molecule is CC(C)(C)C(=O)OC(OCCOCP(=O)(O)O)OC(=O)C(C)(C)C. The van der Waals surface area contributed by atoms with Crippen LogP contribution in [0.3, 0.4) is 0 Å². The van der Waals surface area contributed by atoms with Crippen LogP contribution in [0.15, 0.2) is 0 Å². The van der Waals surface area contributed by atoms with E-state index in [0.717, 1.165) is 0 Å². The second kappa shape index (κ2) is 8.92. The second-order valence-electron chi connectivity index (χ2n) is 7.17. The molecule has 0 bridgehead atoms. The van der Waals surface area contributed by atoms with Crippen molar-refractivity contribution in [1.29, 1.82) is 0 Å². The van der Waals surface area contributed by atoms with Crippen LogP contribution < -0.4 is 0 Å². The van der Waals surface area contributed by atoms with E-state index in [2.05, 4.69) is 0 Å². The first-order chi connectivity index (χ1) is 10.6. The highest BCUT2D eigenvalue weighted by Gasteiger charge is 2.32. The van der Waals surface area contributed by atoms with Crippen LogP contribution >= 0.6 is 7.60 Å². The minimum absolute atomic E-state index is 0.179. The van der Waals surface area contributed by atoms with E-state index in [1.165, 1.54) is 0 Å². The maximum atomic E-state index is 11.9. The maximum absolute atomic E-state index is 11.9. The molecule has 0 aromatic heterocycles. The molecule has 0 saturated heterocycles. The van der Waals surface area contributed by atoms with Crippen LogP contribution in [0.25, 0.3) is 0 Å². The standard InChI is InChI=1S/C14H27O9P/c1-13(2,3)10(15)22-12(23-11(16)14(4,5)6)21-8-7-20-9-24(17,18)19/h12H,7-9H2,1-6H3,(H2,17,18,19). The van der Waals surface area contributed by atoms with Crippen LogP contribution in [-0.2, 0) is 33.1 Å². The van der Waals surface area contributed by atoms with Crippen LogP contribution in [0.2, 0.25) is 0 Å². The summed E-state index contributed by atoms with van der Waals surface area (Å²) < 4.78 is 30.5. The Kier molecular flexibility index (Phi) is 8.55. The Labute approximate surface area is 141 Å². The molecule has 142 valence electrons. The Morgan fingerprint density at radius 1 is 0.917 bits per heavy atom. The fraction of sp³-hybridized carbons (Fsp3) is 0.857. The van der Waals surface area contributed by atoms with Crippen LogP contribution in [0.4, 0.5) is 0 Å². The van der Waals surface area contributed by atoms with Gasteiger partial charge in [0.1, 0.15) is 6.35 Å². The minimum atomic E-state index is -4.27. The highest BCUT2D eigenvalue weighted by atomic mass is 31.2. The van der Waals surface area contributed by atoms with E-state index in [-0.39, 0.29) is 13.2 Å². The molecule has 0 aliphatic carbocycles. The van der Waals surface area contributed by atoms with Crippen molar-refractivity contribution in [2.45, 2.75) is 48.0 Å². The molecule has 0 aromatic rings. The van der Waals surface area contributed by atoms with E-state index in [4.69, 9.17) is 28.7 Å². The zero-order chi connectivity index (χ0) is 19.2. The van der Waals surface area contributed by atoms with Gasteiger partial charge in [-0.1, -0.05) is 0 Å². The van der Waals surface area contributed by atoms with Crippen LogP contribution in [0, 0.1) is 10.8 Å². The number of rotatable bonds is 8. The molecule has 0 heterocycles. The molecule has 0 aliphatic heterocycles. The number of ether oxygens (including phenoxy) is 4. The van der Waals surface area contributed by atoms with E-state index in [9.17, 15) is 14.2 Å². The fourth-order valence-electron chi connectivity index (χ4n) is 1.01. The Balaban J connectivity index is 4.61. The lowest BCUT2D eigenvalue weighted by atomic mass is 9.97. The van der Waals surface area contributed by atoms with Gasteiger partial charge in [-0.3, -0.25) is 14.2 Å². The van der Waals surface area contributed by atoms with Gasteiger partial charge in [0.25, 0.3) is 0 Å². The molecular formula is C14H27O9P. The first kappa shape index (κ1) is 23.0. The number of hydrogen-bond donors (Lipinski definition) is 2. The van der Waals surface area contributed by atoms with Gasteiger partial charge in [-0.15, -0.1) is 0 Å². The molecule has 0 amide bonds. The summed E-state index contributed by atoms with van der Waals surface area (Å²) in [5.41, 5.74) is -1.65. The van der Waals surface area contributed by atoms with Crippen LogP contribution in [0.5, 0.6) is 0 Å². The van der Waals surface area contributed by atoms with E-state index in [1.54, 1.807) is 41.5 Å². The van der Waals surface area contributed by atoms with Crippen molar-refractivity contribution in [2.24, 2.45) is 10.8 Å². The van der Waals surface area contributed by atoms with Crippen LogP contribution in [-0.4, -0.2) is 47.8 Å². The van der Waals surface area contributed by atoms with Gasteiger partial charge in [0.2, 0.25) is 0 Å². The van der Waals surface area contributed by atoms with Crippen molar-refractivity contribution in [3.8, 4) is 0 Å². The molecule has 10 heteroatoms. The van der Waals surface area contributed by atoms with Gasteiger partial charge < -0.3 is 28.7 Å². The lowest BCUT2D eigenvalue weighted by Crippen LogP contribution is -2.36. The first-order valence-electron chi connectivity index (χ1n) is 7.29. The topological polar surface area (TPSA) is 129 Å². The molecule has 24 heavy (non-hydrogen) atoms. The lowest BCUT2D eigenvalue weighted by molar-refractivity contribution is -0.275. The summed E-state index contributed by atoms with van der Waals surface area (Å²) in [5, 5.41) is 0. The Morgan fingerprint density at radius 3 is 1.67 bits per heavy atom. The summed E-state index contributed by atoms with van der Waals surface area (Å²) >= 11 is 0. The third kappa shape index (κ3) is 10.7. The molecule has 0 atom stereocenters. The summed E-state index contributed by atoms with van der Waals surface area (Å²) in [6.45, 7) is 7.82. The molecule has 0 fully saturated rings. The molecule has 9 nitrogen and oxygen atoms in total. The molecule has 2 N–H and O–H groups in total. The first-order valence-corrected chi connectivity index (χ1v) is 9.09. The molecule has 0 aromatic carbocycles. The van der Waals surface area contributed by atoms with Gasteiger partial charge in [-0.25, -0.2) is 0 Å². The molecular weight excluding hydrogens is 343 g/mol. The molecule has 0 spiro atoms. The predicted octanol–water partition coefficient (Wildman–Crippen LogP) is 1.62. The summed E-state index contributed by atoms with van der Waals surface area (Å²) in [7, 11) is -4.27. The largest absolute Gasteiger partial charge is 0.400 e. The quantitative estimate of drug-likeness (QED) is 0.283. The number of carbonyl (C=O) groups is 2. The van der Waals surface area contributed by atoms with Crippen LogP contribution in [0.1, 0.15) is 41.5 Å². The summed E-state index contributed by atoms with van der Waals surface area (Å²) in [6, 6.07) is 0. The van der Waals surface area contributed by atoms with Gasteiger partial charge in [0.15, 0.2) is 0 Å². The zero-order valence-electron chi connectivity index (χ0n) is 14.9. The van der Waals surface area contributed by atoms with Gasteiger partial charge in [0.05, 0.1) is 24.0 Å². The highest BCUT2D eigenvalue weighted by Crippen LogP contribution is 2.33. The molecule has 0 rings (SSSR count). The average Bonchev–Trinajstić information content (AvgIpc) is 2.34. The molecule has 0 unspecified atom stereocenters. The maximum Gasteiger partial charge on any atom is 0.365 e. The third-order valence-corrected chi connectivity index (χ3v) is 2.89. The molecule has 0 aliphatic rings. The number of hydrogen-bond acceptors (Lipinski definition) is 7. The lowest BCUT2D eigenvalue weighted by Gasteiger charge is -2.25. The van der Waals surface area contributed by atoms with Crippen molar-refractivity contribution in [3.63, 3.8) is 0 Å². The van der Waals surface area contributed by atoms with Crippen molar-refractivity contribution >= 4 is 19.5 Å². The Morgan fingerprint density at radius 2 is 1.33 bits per heavy atom. The van der Waals surface area contributed by atoms with Crippen molar-refractivity contribution < 1.29 is 42.9 Å². The van der Waals surface area contributed by atoms with Crippen molar-refractivity contribution in [2.75, 3.05) is 19.6 Å². The highest BCUT2D eigenvalue weighted by molar-refractivity contribution is 7.51. The van der Waals surface area contributed by atoms with E-state index in [0.29, 0.717) is 0 Å². The average molecular weight is 370 g/mol. The predicted molar refractivity (Wildman–Crippen MR) is 83.7 cm³/mol. The normalized spacial score (nSPS) is 13.0. The van der Waals surface area contributed by atoms with Crippen molar-refractivity contribution in [3.05, 3.63) is 0 Å². The summed E-state index contributed by atoms with van der Waals surface area (Å²) in [5.74, 6) is -1.27.